The minimum absolute atomic E-state index is 0.0509. The number of amides is 1. The van der Waals surface area contributed by atoms with Crippen LogP contribution < -0.4 is 0 Å². The fourth-order valence-corrected chi connectivity index (χ4v) is 3.48. The number of rotatable bonds is 6. The van der Waals surface area contributed by atoms with Gasteiger partial charge >= 0.3 is 0 Å². The zero-order valence-electron chi connectivity index (χ0n) is 14.9. The molecule has 0 radical (unpaired) electrons. The molecule has 1 aromatic carbocycles. The molecule has 6 heteroatoms. The standard InChI is InChI=1S/C19H26N4O2/c1-3-22-11-16-7-5-4-6-15(16)10-18(22)19(25)23(8-9-24)12-17-14(2)20-13-21-17/h4-7,13,18,24H,3,8-12H2,1-2H3,(H,20,21). The van der Waals surface area contributed by atoms with Crippen molar-refractivity contribution in [3.63, 3.8) is 0 Å². The Balaban J connectivity index is 1.81. The molecule has 0 fully saturated rings. The van der Waals surface area contributed by atoms with Crippen molar-refractivity contribution in [2.45, 2.75) is 39.4 Å². The summed E-state index contributed by atoms with van der Waals surface area (Å²) in [6.07, 6.45) is 2.35. The first-order valence-corrected chi connectivity index (χ1v) is 8.83. The number of aromatic amines is 1. The number of aryl methyl sites for hydroxylation is 1. The third kappa shape index (κ3) is 3.75. The fraction of sp³-hybridized carbons (Fsp3) is 0.474. The number of aromatic nitrogens is 2. The first-order chi connectivity index (χ1) is 12.1. The quantitative estimate of drug-likeness (QED) is 0.834. The van der Waals surface area contributed by atoms with Crippen molar-refractivity contribution in [2.24, 2.45) is 0 Å². The van der Waals surface area contributed by atoms with Crippen molar-refractivity contribution < 1.29 is 9.90 Å². The highest BCUT2D eigenvalue weighted by molar-refractivity contribution is 5.82. The molecule has 0 bridgehead atoms. The number of likely N-dealkylation sites (N-methyl/N-ethyl adjacent to an activating group) is 1. The zero-order valence-corrected chi connectivity index (χ0v) is 14.9. The van der Waals surface area contributed by atoms with E-state index in [9.17, 15) is 9.90 Å². The van der Waals surface area contributed by atoms with Crippen molar-refractivity contribution in [3.8, 4) is 0 Å². The van der Waals surface area contributed by atoms with E-state index >= 15 is 0 Å². The molecule has 134 valence electrons. The van der Waals surface area contributed by atoms with Gasteiger partial charge in [0, 0.05) is 18.8 Å². The van der Waals surface area contributed by atoms with Crippen LogP contribution >= 0.6 is 0 Å². The van der Waals surface area contributed by atoms with Crippen LogP contribution in [0.15, 0.2) is 30.6 Å². The van der Waals surface area contributed by atoms with Crippen molar-refractivity contribution in [1.29, 1.82) is 0 Å². The number of hydrogen-bond acceptors (Lipinski definition) is 4. The Morgan fingerprint density at radius 1 is 1.40 bits per heavy atom. The van der Waals surface area contributed by atoms with Crippen LogP contribution in [0.4, 0.5) is 0 Å². The van der Waals surface area contributed by atoms with Crippen LogP contribution in [-0.4, -0.2) is 56.5 Å². The molecule has 6 nitrogen and oxygen atoms in total. The van der Waals surface area contributed by atoms with Crippen LogP contribution in [0.5, 0.6) is 0 Å². The lowest BCUT2D eigenvalue weighted by atomic mass is 9.93. The van der Waals surface area contributed by atoms with Gasteiger partial charge in [-0.3, -0.25) is 9.69 Å². The summed E-state index contributed by atoms with van der Waals surface area (Å²) in [5.41, 5.74) is 4.34. The number of H-pyrrole nitrogens is 1. The van der Waals surface area contributed by atoms with Crippen LogP contribution in [0.3, 0.4) is 0 Å². The molecule has 1 aliphatic rings. The van der Waals surface area contributed by atoms with E-state index in [1.807, 2.05) is 19.1 Å². The molecule has 1 unspecified atom stereocenters. The summed E-state index contributed by atoms with van der Waals surface area (Å²) < 4.78 is 0. The molecule has 25 heavy (non-hydrogen) atoms. The van der Waals surface area contributed by atoms with Gasteiger partial charge in [0.2, 0.25) is 5.91 Å². The largest absolute Gasteiger partial charge is 0.395 e. The van der Waals surface area contributed by atoms with Gasteiger partial charge in [-0.05, 0) is 31.0 Å². The SMILES string of the molecule is CCN1Cc2ccccc2CC1C(=O)N(CCO)Cc1nc[nH]c1C. The van der Waals surface area contributed by atoms with E-state index in [0.29, 0.717) is 19.5 Å². The highest BCUT2D eigenvalue weighted by Gasteiger charge is 2.33. The smallest absolute Gasteiger partial charge is 0.240 e. The van der Waals surface area contributed by atoms with Crippen molar-refractivity contribution in [1.82, 2.24) is 19.8 Å². The Morgan fingerprint density at radius 3 is 2.80 bits per heavy atom. The summed E-state index contributed by atoms with van der Waals surface area (Å²) in [6, 6.07) is 8.13. The fourth-order valence-electron chi connectivity index (χ4n) is 3.48. The number of carbonyl (C=O) groups is 1. The van der Waals surface area contributed by atoms with Gasteiger partial charge in [-0.15, -0.1) is 0 Å². The molecule has 1 amide bonds. The molecule has 0 spiro atoms. The summed E-state index contributed by atoms with van der Waals surface area (Å²) in [5.74, 6) is 0.0628. The molecule has 3 rings (SSSR count). The number of carbonyl (C=O) groups excluding carboxylic acids is 1. The van der Waals surface area contributed by atoms with Crippen LogP contribution in [-0.2, 0) is 24.3 Å². The number of benzene rings is 1. The highest BCUT2D eigenvalue weighted by Crippen LogP contribution is 2.24. The second-order valence-corrected chi connectivity index (χ2v) is 6.51. The predicted octanol–water partition coefficient (Wildman–Crippen LogP) is 1.49. The minimum Gasteiger partial charge on any atom is -0.395 e. The summed E-state index contributed by atoms with van der Waals surface area (Å²) in [5, 5.41) is 9.43. The van der Waals surface area contributed by atoms with Gasteiger partial charge in [0.05, 0.1) is 31.2 Å². The average Bonchev–Trinajstić information content (AvgIpc) is 3.04. The summed E-state index contributed by atoms with van der Waals surface area (Å²) in [6.45, 7) is 6.33. The molecule has 0 aliphatic carbocycles. The van der Waals surface area contributed by atoms with Crippen LogP contribution in [0.1, 0.15) is 29.4 Å². The maximum absolute atomic E-state index is 13.2. The molecule has 2 heterocycles. The summed E-state index contributed by atoms with van der Waals surface area (Å²) in [7, 11) is 0. The van der Waals surface area contributed by atoms with E-state index in [2.05, 4.69) is 33.9 Å². The van der Waals surface area contributed by atoms with Gasteiger partial charge < -0.3 is 15.0 Å². The number of imidazole rings is 1. The van der Waals surface area contributed by atoms with E-state index < -0.39 is 0 Å². The van der Waals surface area contributed by atoms with E-state index in [1.165, 1.54) is 11.1 Å². The molecular formula is C19H26N4O2. The lowest BCUT2D eigenvalue weighted by molar-refractivity contribution is -0.138. The minimum atomic E-state index is -0.189. The highest BCUT2D eigenvalue weighted by atomic mass is 16.3. The van der Waals surface area contributed by atoms with Gasteiger partial charge in [0.25, 0.3) is 0 Å². The van der Waals surface area contributed by atoms with Gasteiger partial charge in [-0.2, -0.15) is 0 Å². The normalized spacial score (nSPS) is 17.3. The second kappa shape index (κ2) is 7.80. The second-order valence-electron chi connectivity index (χ2n) is 6.51. The van der Waals surface area contributed by atoms with Crippen LogP contribution in [0.25, 0.3) is 0 Å². The monoisotopic (exact) mass is 342 g/mol. The van der Waals surface area contributed by atoms with Gasteiger partial charge in [-0.1, -0.05) is 31.2 Å². The molecule has 1 aromatic heterocycles. The van der Waals surface area contributed by atoms with Crippen molar-refractivity contribution in [2.75, 3.05) is 19.7 Å². The first-order valence-electron chi connectivity index (χ1n) is 8.83. The maximum Gasteiger partial charge on any atom is 0.240 e. The molecule has 1 atom stereocenters. The third-order valence-electron chi connectivity index (χ3n) is 4.99. The lowest BCUT2D eigenvalue weighted by Gasteiger charge is -2.38. The lowest BCUT2D eigenvalue weighted by Crippen LogP contribution is -2.52. The first kappa shape index (κ1) is 17.6. The molecule has 2 aromatic rings. The predicted molar refractivity (Wildman–Crippen MR) is 95.8 cm³/mol. The number of hydrogen-bond donors (Lipinski definition) is 2. The van der Waals surface area contributed by atoms with E-state index in [1.54, 1.807) is 11.2 Å². The topological polar surface area (TPSA) is 72.5 Å². The van der Waals surface area contributed by atoms with E-state index in [0.717, 1.165) is 24.5 Å². The Kier molecular flexibility index (Phi) is 5.50. The summed E-state index contributed by atoms with van der Waals surface area (Å²) in [4.78, 5) is 24.5. The number of nitrogens with one attached hydrogen (secondary N) is 1. The number of aliphatic hydroxyl groups is 1. The third-order valence-corrected chi connectivity index (χ3v) is 4.99. The molecule has 1 aliphatic heterocycles. The zero-order chi connectivity index (χ0) is 17.8. The Hall–Kier alpha value is -2.18. The number of nitrogens with zero attached hydrogens (tertiary/aromatic N) is 3. The van der Waals surface area contributed by atoms with Crippen LogP contribution in [0, 0.1) is 6.92 Å². The molecular weight excluding hydrogens is 316 g/mol. The molecule has 0 saturated carbocycles. The molecule has 2 N–H and O–H groups in total. The van der Waals surface area contributed by atoms with Crippen LogP contribution in [0.2, 0.25) is 0 Å². The Morgan fingerprint density at radius 2 is 2.16 bits per heavy atom. The van der Waals surface area contributed by atoms with Gasteiger partial charge in [0.1, 0.15) is 0 Å². The number of fused-ring (bicyclic) bond motifs is 1. The van der Waals surface area contributed by atoms with Crippen molar-refractivity contribution in [3.05, 3.63) is 53.1 Å². The average molecular weight is 342 g/mol. The van der Waals surface area contributed by atoms with Gasteiger partial charge in [-0.25, -0.2) is 4.98 Å². The van der Waals surface area contributed by atoms with Gasteiger partial charge in [0.15, 0.2) is 0 Å². The Bertz CT molecular complexity index is 728. The maximum atomic E-state index is 13.2. The van der Waals surface area contributed by atoms with E-state index in [4.69, 9.17) is 0 Å². The number of aliphatic hydroxyl groups excluding tert-OH is 1. The van der Waals surface area contributed by atoms with E-state index in [-0.39, 0.29) is 18.6 Å². The Labute approximate surface area is 148 Å². The van der Waals surface area contributed by atoms with Crippen molar-refractivity contribution >= 4 is 5.91 Å². The molecule has 0 saturated heterocycles. The summed E-state index contributed by atoms with van der Waals surface area (Å²) >= 11 is 0.